The van der Waals surface area contributed by atoms with Gasteiger partial charge in [-0.2, -0.15) is 0 Å². The number of carboxylic acid groups (broad SMARTS) is 1. The highest BCUT2D eigenvalue weighted by atomic mass is 35.5. The van der Waals surface area contributed by atoms with Gasteiger partial charge < -0.3 is 14.6 Å². The highest BCUT2D eigenvalue weighted by Crippen LogP contribution is 2.13. The van der Waals surface area contributed by atoms with Gasteiger partial charge in [0.05, 0.1) is 6.42 Å². The van der Waals surface area contributed by atoms with Gasteiger partial charge in [0.2, 0.25) is 6.10 Å². The number of esters is 2. The molecule has 17 heavy (non-hydrogen) atoms. The lowest BCUT2D eigenvalue weighted by Crippen LogP contribution is -2.40. The highest BCUT2D eigenvalue weighted by Gasteiger charge is 2.34. The van der Waals surface area contributed by atoms with Crippen molar-refractivity contribution in [2.45, 2.75) is 32.5 Å². The standard InChI is InChI=1S/C9H11ClO7/c1-4(11)16-6(3-7(13)14)8(9(10)15)17-5(2)12/h6,8H,3H2,1-2H3,(H,13,14). The maximum absolute atomic E-state index is 11.0. The van der Waals surface area contributed by atoms with Crippen LogP contribution in [0.25, 0.3) is 0 Å². The highest BCUT2D eigenvalue weighted by molar-refractivity contribution is 6.64. The van der Waals surface area contributed by atoms with Gasteiger partial charge in [-0.1, -0.05) is 0 Å². The number of aliphatic carboxylic acids is 1. The first-order valence-corrected chi connectivity index (χ1v) is 4.87. The van der Waals surface area contributed by atoms with E-state index in [1.807, 2.05) is 0 Å². The Morgan fingerprint density at radius 1 is 1.12 bits per heavy atom. The summed E-state index contributed by atoms with van der Waals surface area (Å²) in [5, 5.41) is 7.46. The molecule has 0 amide bonds. The summed E-state index contributed by atoms with van der Waals surface area (Å²) in [6.45, 7) is 2.04. The van der Waals surface area contributed by atoms with Crippen molar-refractivity contribution >= 4 is 34.8 Å². The summed E-state index contributed by atoms with van der Waals surface area (Å²) < 4.78 is 9.10. The first-order chi connectivity index (χ1) is 7.73. The van der Waals surface area contributed by atoms with Crippen molar-refractivity contribution in [2.75, 3.05) is 0 Å². The Kier molecular flexibility index (Phi) is 6.19. The molecule has 0 spiro atoms. The summed E-state index contributed by atoms with van der Waals surface area (Å²) in [7, 11) is 0. The van der Waals surface area contributed by atoms with Crippen LogP contribution in [0.1, 0.15) is 20.3 Å². The Bertz CT molecular complexity index is 322. The minimum atomic E-state index is -1.63. The lowest BCUT2D eigenvalue weighted by molar-refractivity contribution is -0.170. The fourth-order valence-corrected chi connectivity index (χ4v) is 1.23. The van der Waals surface area contributed by atoms with Crippen molar-refractivity contribution in [1.29, 1.82) is 0 Å². The molecule has 0 saturated carbocycles. The fourth-order valence-electron chi connectivity index (χ4n) is 1.04. The molecule has 8 heteroatoms. The van der Waals surface area contributed by atoms with E-state index in [1.54, 1.807) is 0 Å². The first-order valence-electron chi connectivity index (χ1n) is 4.49. The van der Waals surface area contributed by atoms with Gasteiger partial charge in [0.1, 0.15) is 0 Å². The molecular formula is C9H11ClO7. The van der Waals surface area contributed by atoms with E-state index in [4.69, 9.17) is 16.7 Å². The van der Waals surface area contributed by atoms with Crippen molar-refractivity contribution in [3.8, 4) is 0 Å². The maximum atomic E-state index is 11.0. The van der Waals surface area contributed by atoms with Crippen LogP contribution >= 0.6 is 11.6 Å². The molecule has 7 nitrogen and oxygen atoms in total. The zero-order chi connectivity index (χ0) is 13.6. The summed E-state index contributed by atoms with van der Waals surface area (Å²) in [5.74, 6) is -2.98. The molecule has 0 saturated heterocycles. The van der Waals surface area contributed by atoms with Crippen LogP contribution in [0.4, 0.5) is 0 Å². The molecule has 0 aromatic rings. The minimum Gasteiger partial charge on any atom is -0.481 e. The molecule has 0 aromatic heterocycles. The van der Waals surface area contributed by atoms with Crippen molar-refractivity contribution in [1.82, 2.24) is 0 Å². The Balaban J connectivity index is 4.91. The Hall–Kier alpha value is -1.63. The topological polar surface area (TPSA) is 107 Å². The number of carbonyl (C=O) groups is 4. The van der Waals surface area contributed by atoms with Gasteiger partial charge in [-0.15, -0.1) is 0 Å². The fraction of sp³-hybridized carbons (Fsp3) is 0.556. The number of carbonyl (C=O) groups excluding carboxylic acids is 3. The van der Waals surface area contributed by atoms with E-state index >= 15 is 0 Å². The first kappa shape index (κ1) is 15.4. The summed E-state index contributed by atoms with van der Waals surface area (Å²) in [6, 6.07) is 0. The normalized spacial score (nSPS) is 13.4. The third-order valence-corrected chi connectivity index (χ3v) is 1.76. The molecule has 96 valence electrons. The van der Waals surface area contributed by atoms with Gasteiger partial charge in [-0.05, 0) is 11.6 Å². The largest absolute Gasteiger partial charge is 0.481 e. The second-order valence-electron chi connectivity index (χ2n) is 3.08. The SMILES string of the molecule is CC(=O)OC(CC(=O)O)C(OC(C)=O)C(=O)Cl. The van der Waals surface area contributed by atoms with E-state index in [2.05, 4.69) is 9.47 Å². The molecule has 0 fully saturated rings. The summed E-state index contributed by atoms with van der Waals surface area (Å²) >= 11 is 5.15. The average Bonchev–Trinajstić information content (AvgIpc) is 2.10. The van der Waals surface area contributed by atoms with E-state index in [0.717, 1.165) is 13.8 Å². The van der Waals surface area contributed by atoms with Gasteiger partial charge in [-0.25, -0.2) is 0 Å². The second kappa shape index (κ2) is 6.85. The number of hydrogen-bond acceptors (Lipinski definition) is 6. The minimum absolute atomic E-state index is 0.698. The van der Waals surface area contributed by atoms with Crippen LogP contribution in [-0.2, 0) is 28.7 Å². The molecule has 0 radical (unpaired) electrons. The van der Waals surface area contributed by atoms with Crippen LogP contribution < -0.4 is 0 Å². The van der Waals surface area contributed by atoms with Gasteiger partial charge in [-0.3, -0.25) is 19.2 Å². The van der Waals surface area contributed by atoms with Crippen LogP contribution in [0.15, 0.2) is 0 Å². The smallest absolute Gasteiger partial charge is 0.307 e. The molecule has 1 N–H and O–H groups in total. The van der Waals surface area contributed by atoms with Crippen LogP contribution in [-0.4, -0.2) is 40.5 Å². The lowest BCUT2D eigenvalue weighted by atomic mass is 10.1. The molecular weight excluding hydrogens is 256 g/mol. The Morgan fingerprint density at radius 2 is 1.59 bits per heavy atom. The molecule has 0 bridgehead atoms. The molecule has 0 rings (SSSR count). The van der Waals surface area contributed by atoms with Crippen molar-refractivity contribution in [3.05, 3.63) is 0 Å². The Labute approximate surface area is 102 Å². The molecule has 0 aliphatic carbocycles. The number of hydrogen-bond donors (Lipinski definition) is 1. The van der Waals surface area contributed by atoms with Crippen LogP contribution in [0.5, 0.6) is 0 Å². The van der Waals surface area contributed by atoms with E-state index in [9.17, 15) is 19.2 Å². The second-order valence-corrected chi connectivity index (χ2v) is 3.45. The Morgan fingerprint density at radius 3 is 1.88 bits per heavy atom. The predicted molar refractivity (Wildman–Crippen MR) is 54.2 cm³/mol. The molecule has 2 unspecified atom stereocenters. The number of halogens is 1. The molecule has 0 aliphatic heterocycles. The third-order valence-electron chi connectivity index (χ3n) is 1.55. The monoisotopic (exact) mass is 266 g/mol. The third kappa shape index (κ3) is 6.52. The maximum Gasteiger partial charge on any atom is 0.307 e. The van der Waals surface area contributed by atoms with E-state index in [-0.39, 0.29) is 0 Å². The van der Waals surface area contributed by atoms with E-state index in [0.29, 0.717) is 0 Å². The van der Waals surface area contributed by atoms with Crippen molar-refractivity contribution in [3.63, 3.8) is 0 Å². The molecule has 0 aliphatic rings. The van der Waals surface area contributed by atoms with E-state index in [1.165, 1.54) is 0 Å². The van der Waals surface area contributed by atoms with Gasteiger partial charge in [0.15, 0.2) is 6.10 Å². The number of ether oxygens (including phenoxy) is 2. The average molecular weight is 267 g/mol. The quantitative estimate of drug-likeness (QED) is 0.536. The number of carboxylic acids is 1. The van der Waals surface area contributed by atoms with Crippen molar-refractivity contribution < 1.29 is 33.8 Å². The summed E-state index contributed by atoms with van der Waals surface area (Å²) in [4.78, 5) is 43.0. The zero-order valence-electron chi connectivity index (χ0n) is 9.14. The van der Waals surface area contributed by atoms with Crippen molar-refractivity contribution in [2.24, 2.45) is 0 Å². The van der Waals surface area contributed by atoms with Gasteiger partial charge in [0.25, 0.3) is 5.24 Å². The summed E-state index contributed by atoms with van der Waals surface area (Å²) in [5.41, 5.74) is 0. The number of rotatable bonds is 6. The van der Waals surface area contributed by atoms with Crippen LogP contribution in [0, 0.1) is 0 Å². The van der Waals surface area contributed by atoms with Gasteiger partial charge >= 0.3 is 17.9 Å². The predicted octanol–water partition coefficient (Wildman–Crippen LogP) is 0.0899. The lowest BCUT2D eigenvalue weighted by Gasteiger charge is -2.21. The zero-order valence-corrected chi connectivity index (χ0v) is 9.89. The molecule has 2 atom stereocenters. The van der Waals surface area contributed by atoms with Crippen LogP contribution in [0.3, 0.4) is 0 Å². The summed E-state index contributed by atoms with van der Waals surface area (Å²) in [6.07, 6.45) is -3.77. The van der Waals surface area contributed by atoms with Gasteiger partial charge in [0, 0.05) is 13.8 Å². The molecule has 0 aromatic carbocycles. The van der Waals surface area contributed by atoms with E-state index < -0.39 is 41.8 Å². The molecule has 0 heterocycles. The van der Waals surface area contributed by atoms with Crippen LogP contribution in [0.2, 0.25) is 0 Å².